The first-order valence-corrected chi connectivity index (χ1v) is 6.61. The highest BCUT2D eigenvalue weighted by Gasteiger charge is 2.14. The molecular weight excluding hydrogens is 284 g/mol. The second-order valence-corrected chi connectivity index (χ2v) is 4.61. The molecule has 9 heteroatoms. The predicted molar refractivity (Wildman–Crippen MR) is 70.1 cm³/mol. The Kier molecular flexibility index (Phi) is 4.41. The first-order valence-electron chi connectivity index (χ1n) is 5.62. The Morgan fingerprint density at radius 2 is 2.20 bits per heavy atom. The smallest absolute Gasteiger partial charge is 0.321 e. The molecule has 2 rings (SSSR count). The number of carbonyl (C=O) groups excluding carboxylic acids is 2. The van der Waals surface area contributed by atoms with E-state index in [4.69, 9.17) is 8.83 Å². The molecule has 0 saturated heterocycles. The van der Waals surface area contributed by atoms with Crippen LogP contribution in [0.3, 0.4) is 0 Å². The topological polar surface area (TPSA) is 110 Å². The van der Waals surface area contributed by atoms with Gasteiger partial charge in [-0.15, -0.1) is 10.2 Å². The fourth-order valence-corrected chi connectivity index (χ4v) is 1.90. The number of aromatic nitrogens is 2. The van der Waals surface area contributed by atoms with Crippen molar-refractivity contribution in [3.63, 3.8) is 0 Å². The summed E-state index contributed by atoms with van der Waals surface area (Å²) in [6.45, 7) is 1.78. The summed E-state index contributed by atoms with van der Waals surface area (Å²) in [4.78, 5) is 22.3. The third-order valence-corrected chi connectivity index (χ3v) is 3.12. The van der Waals surface area contributed by atoms with E-state index in [-0.39, 0.29) is 11.0 Å². The van der Waals surface area contributed by atoms with Crippen molar-refractivity contribution in [3.8, 4) is 11.5 Å². The van der Waals surface area contributed by atoms with Gasteiger partial charge in [0.25, 0.3) is 11.1 Å². The van der Waals surface area contributed by atoms with Crippen LogP contribution in [0, 0.1) is 6.92 Å². The molecule has 0 aliphatic heterocycles. The Morgan fingerprint density at radius 1 is 1.40 bits per heavy atom. The number of rotatable bonds is 4. The predicted octanol–water partition coefficient (Wildman–Crippen LogP) is 1.19. The number of amides is 3. The number of nitrogens with one attached hydrogen (secondary N) is 2. The Labute approximate surface area is 118 Å². The highest BCUT2D eigenvalue weighted by Crippen LogP contribution is 2.25. The van der Waals surface area contributed by atoms with Gasteiger partial charge in [-0.25, -0.2) is 4.79 Å². The average molecular weight is 296 g/mol. The van der Waals surface area contributed by atoms with E-state index in [2.05, 4.69) is 20.8 Å². The van der Waals surface area contributed by atoms with E-state index in [0.717, 1.165) is 11.8 Å². The minimum atomic E-state index is -0.559. The number of aryl methyl sites for hydroxylation is 1. The molecule has 0 atom stereocenters. The Balaban J connectivity index is 1.92. The lowest BCUT2D eigenvalue weighted by Gasteiger charge is -2.00. The summed E-state index contributed by atoms with van der Waals surface area (Å²) in [5.74, 6) is 0.543. The summed E-state index contributed by atoms with van der Waals surface area (Å²) in [5, 5.41) is 12.3. The van der Waals surface area contributed by atoms with E-state index in [1.165, 1.54) is 13.3 Å². The summed E-state index contributed by atoms with van der Waals surface area (Å²) < 4.78 is 10.5. The van der Waals surface area contributed by atoms with Crippen molar-refractivity contribution in [2.24, 2.45) is 0 Å². The molecule has 8 nitrogen and oxygen atoms in total. The van der Waals surface area contributed by atoms with Gasteiger partial charge in [-0.1, -0.05) is 11.8 Å². The molecule has 2 aromatic rings. The van der Waals surface area contributed by atoms with Crippen LogP contribution in [0.15, 0.2) is 26.4 Å². The summed E-state index contributed by atoms with van der Waals surface area (Å²) in [7, 11) is 1.42. The molecule has 0 aliphatic rings. The Morgan fingerprint density at radius 3 is 2.85 bits per heavy atom. The van der Waals surface area contributed by atoms with E-state index in [1.54, 1.807) is 13.0 Å². The number of carbonyl (C=O) groups is 2. The van der Waals surface area contributed by atoms with Gasteiger partial charge in [0.15, 0.2) is 0 Å². The van der Waals surface area contributed by atoms with Crippen molar-refractivity contribution in [1.29, 1.82) is 0 Å². The lowest BCUT2D eigenvalue weighted by atomic mass is 10.3. The summed E-state index contributed by atoms with van der Waals surface area (Å²) in [6, 6.07) is 1.16. The van der Waals surface area contributed by atoms with Gasteiger partial charge in [-0.2, -0.15) is 0 Å². The van der Waals surface area contributed by atoms with Crippen LogP contribution in [0.5, 0.6) is 0 Å². The maximum absolute atomic E-state index is 11.4. The van der Waals surface area contributed by atoms with Crippen molar-refractivity contribution in [2.75, 3.05) is 12.8 Å². The third-order valence-electron chi connectivity index (χ3n) is 2.30. The van der Waals surface area contributed by atoms with Crippen molar-refractivity contribution in [2.45, 2.75) is 12.1 Å². The molecule has 2 N–H and O–H groups in total. The summed E-state index contributed by atoms with van der Waals surface area (Å²) in [6.07, 6.45) is 1.53. The van der Waals surface area contributed by atoms with Crippen molar-refractivity contribution < 1.29 is 18.4 Å². The number of hydrogen-bond donors (Lipinski definition) is 2. The maximum atomic E-state index is 11.4. The third kappa shape index (κ3) is 3.38. The van der Waals surface area contributed by atoms with E-state index < -0.39 is 11.9 Å². The standard InChI is InChI=1S/C11H12N4O4S/c1-6-7(3-4-18-6)9-14-15-11(19-9)20-5-8(16)13-10(17)12-2/h3-4H,5H2,1-2H3,(H2,12,13,16,17). The molecule has 0 spiro atoms. The molecule has 2 aromatic heterocycles. The minimum absolute atomic E-state index is 0.000573. The van der Waals surface area contributed by atoms with Crippen LogP contribution in [0.4, 0.5) is 4.79 Å². The van der Waals surface area contributed by atoms with Crippen LogP contribution in [0.2, 0.25) is 0 Å². The molecular formula is C11H12N4O4S. The second-order valence-electron chi connectivity index (χ2n) is 3.68. The maximum Gasteiger partial charge on any atom is 0.321 e. The fraction of sp³-hybridized carbons (Fsp3) is 0.273. The van der Waals surface area contributed by atoms with Gasteiger partial charge in [0.2, 0.25) is 5.91 Å². The Bertz CT molecular complexity index is 621. The quantitative estimate of drug-likeness (QED) is 0.815. The van der Waals surface area contributed by atoms with Crippen LogP contribution >= 0.6 is 11.8 Å². The molecule has 0 saturated carbocycles. The van der Waals surface area contributed by atoms with E-state index in [0.29, 0.717) is 17.2 Å². The molecule has 2 heterocycles. The van der Waals surface area contributed by atoms with Gasteiger partial charge in [-0.3, -0.25) is 10.1 Å². The lowest BCUT2D eigenvalue weighted by Crippen LogP contribution is -2.38. The zero-order chi connectivity index (χ0) is 14.5. The van der Waals surface area contributed by atoms with Gasteiger partial charge in [0.1, 0.15) is 5.76 Å². The summed E-state index contributed by atoms with van der Waals surface area (Å²) in [5.41, 5.74) is 0.708. The normalized spacial score (nSPS) is 10.3. The molecule has 0 bridgehead atoms. The van der Waals surface area contributed by atoms with Crippen molar-refractivity contribution in [3.05, 3.63) is 18.1 Å². The van der Waals surface area contributed by atoms with Crippen molar-refractivity contribution >= 4 is 23.7 Å². The number of urea groups is 1. The highest BCUT2D eigenvalue weighted by atomic mass is 32.2. The van der Waals surface area contributed by atoms with Gasteiger partial charge < -0.3 is 14.2 Å². The number of thioether (sulfide) groups is 1. The first-order chi connectivity index (χ1) is 9.60. The minimum Gasteiger partial charge on any atom is -0.469 e. The van der Waals surface area contributed by atoms with Gasteiger partial charge in [0, 0.05) is 7.05 Å². The monoisotopic (exact) mass is 296 g/mol. The van der Waals surface area contributed by atoms with Crippen molar-refractivity contribution in [1.82, 2.24) is 20.8 Å². The van der Waals surface area contributed by atoms with Gasteiger partial charge in [-0.05, 0) is 13.0 Å². The fourth-order valence-electron chi connectivity index (χ4n) is 1.34. The second kappa shape index (κ2) is 6.24. The van der Waals surface area contributed by atoms with Gasteiger partial charge >= 0.3 is 6.03 Å². The number of imide groups is 1. The molecule has 3 amide bonds. The average Bonchev–Trinajstić information content (AvgIpc) is 3.04. The molecule has 20 heavy (non-hydrogen) atoms. The SMILES string of the molecule is CNC(=O)NC(=O)CSc1nnc(-c2ccoc2C)o1. The Hall–Kier alpha value is -2.29. The largest absolute Gasteiger partial charge is 0.469 e. The van der Waals surface area contributed by atoms with E-state index in [9.17, 15) is 9.59 Å². The molecule has 0 aromatic carbocycles. The van der Waals surface area contributed by atoms with Crippen LogP contribution in [-0.4, -0.2) is 34.9 Å². The zero-order valence-electron chi connectivity index (χ0n) is 10.8. The van der Waals surface area contributed by atoms with Gasteiger partial charge in [0.05, 0.1) is 17.6 Å². The van der Waals surface area contributed by atoms with E-state index in [1.807, 2.05) is 0 Å². The number of furan rings is 1. The number of hydrogen-bond acceptors (Lipinski definition) is 7. The molecule has 106 valence electrons. The number of nitrogens with zero attached hydrogens (tertiary/aromatic N) is 2. The highest BCUT2D eigenvalue weighted by molar-refractivity contribution is 7.99. The molecule has 0 aliphatic carbocycles. The molecule has 0 unspecified atom stereocenters. The van der Waals surface area contributed by atoms with Crippen LogP contribution in [0.1, 0.15) is 5.76 Å². The lowest BCUT2D eigenvalue weighted by molar-refractivity contribution is -0.117. The van der Waals surface area contributed by atoms with Crippen LogP contribution < -0.4 is 10.6 Å². The van der Waals surface area contributed by atoms with Crippen LogP contribution in [-0.2, 0) is 4.79 Å². The van der Waals surface area contributed by atoms with E-state index >= 15 is 0 Å². The summed E-state index contributed by atoms with van der Waals surface area (Å²) >= 11 is 1.04. The molecule has 0 radical (unpaired) electrons. The first kappa shape index (κ1) is 14.1. The zero-order valence-corrected chi connectivity index (χ0v) is 11.6. The van der Waals surface area contributed by atoms with Crippen LogP contribution in [0.25, 0.3) is 11.5 Å². The molecule has 0 fully saturated rings.